The molecule has 4 aliphatic heterocycles. The van der Waals surface area contributed by atoms with Crippen LogP contribution in [-0.2, 0) is 6.42 Å². The minimum Gasteiger partial charge on any atom is -0.496 e. The predicted octanol–water partition coefficient (Wildman–Crippen LogP) is 2.29. The number of ether oxygens (including phenoxy) is 1. The van der Waals surface area contributed by atoms with E-state index in [1.807, 2.05) is 0 Å². The van der Waals surface area contributed by atoms with Crippen LogP contribution in [0.4, 0.5) is 5.69 Å². The van der Waals surface area contributed by atoms with Gasteiger partial charge in [0.05, 0.1) is 23.4 Å². The highest BCUT2D eigenvalue weighted by Crippen LogP contribution is 2.45. The van der Waals surface area contributed by atoms with Crippen molar-refractivity contribution in [3.8, 4) is 5.75 Å². The lowest BCUT2D eigenvalue weighted by Gasteiger charge is -2.51. The van der Waals surface area contributed by atoms with E-state index in [2.05, 4.69) is 9.80 Å². The third-order valence-electron chi connectivity index (χ3n) is 5.91. The molecule has 24 heavy (non-hydrogen) atoms. The van der Waals surface area contributed by atoms with Crippen molar-refractivity contribution < 1.29 is 9.53 Å². The molecule has 6 heteroatoms. The molecule has 1 aromatic carbocycles. The monoisotopic (exact) mass is 349 g/mol. The number of carbonyl (C=O) groups excluding carboxylic acids is 1. The zero-order valence-electron chi connectivity index (χ0n) is 14.1. The van der Waals surface area contributed by atoms with E-state index in [1.54, 1.807) is 13.2 Å². The molecule has 1 aromatic rings. The summed E-state index contributed by atoms with van der Waals surface area (Å²) < 4.78 is 5.56. The Morgan fingerprint density at radius 1 is 1.33 bits per heavy atom. The fraction of sp³-hybridized carbons (Fsp3) is 0.611. The van der Waals surface area contributed by atoms with Gasteiger partial charge in [0.1, 0.15) is 5.75 Å². The number of rotatable bonds is 3. The van der Waals surface area contributed by atoms with Gasteiger partial charge in [0, 0.05) is 24.7 Å². The number of halogens is 1. The number of benzene rings is 1. The van der Waals surface area contributed by atoms with Crippen molar-refractivity contribution in [1.29, 1.82) is 0 Å². The van der Waals surface area contributed by atoms with E-state index in [-0.39, 0.29) is 0 Å². The molecule has 2 N–H and O–H groups in total. The van der Waals surface area contributed by atoms with Crippen LogP contribution in [0.3, 0.4) is 0 Å². The zero-order valence-corrected chi connectivity index (χ0v) is 14.8. The van der Waals surface area contributed by atoms with Gasteiger partial charge in [0.15, 0.2) is 0 Å². The van der Waals surface area contributed by atoms with Gasteiger partial charge >= 0.3 is 0 Å². The van der Waals surface area contributed by atoms with E-state index in [0.29, 0.717) is 22.4 Å². The quantitative estimate of drug-likeness (QED) is 0.909. The minimum absolute atomic E-state index is 0.386. The van der Waals surface area contributed by atoms with E-state index < -0.39 is 5.91 Å². The molecule has 5 nitrogen and oxygen atoms in total. The smallest absolute Gasteiger partial charge is 0.252 e. The number of amides is 1. The second-order valence-corrected chi connectivity index (χ2v) is 7.54. The predicted molar refractivity (Wildman–Crippen MR) is 95.1 cm³/mol. The van der Waals surface area contributed by atoms with E-state index >= 15 is 0 Å². The highest BCUT2D eigenvalue weighted by Gasteiger charge is 2.40. The minimum atomic E-state index is -0.489. The second kappa shape index (κ2) is 6.12. The van der Waals surface area contributed by atoms with Gasteiger partial charge in [-0.1, -0.05) is 11.6 Å². The lowest BCUT2D eigenvalue weighted by Crippen LogP contribution is -2.58. The first kappa shape index (κ1) is 16.0. The molecule has 0 aliphatic carbocycles. The SMILES string of the molecule is COc1c(C(N)=O)cc(Cl)c2c1CCCN2C1CN2CCC1CC2. The third kappa shape index (κ3) is 2.45. The maximum Gasteiger partial charge on any atom is 0.252 e. The van der Waals surface area contributed by atoms with Crippen LogP contribution < -0.4 is 15.4 Å². The maximum atomic E-state index is 11.8. The van der Waals surface area contributed by atoms with Crippen LogP contribution in [0.5, 0.6) is 5.75 Å². The van der Waals surface area contributed by atoms with Crippen LogP contribution in [0.1, 0.15) is 35.2 Å². The topological polar surface area (TPSA) is 58.8 Å². The third-order valence-corrected chi connectivity index (χ3v) is 6.19. The summed E-state index contributed by atoms with van der Waals surface area (Å²) >= 11 is 6.62. The molecule has 0 saturated carbocycles. The van der Waals surface area contributed by atoms with Crippen LogP contribution in [-0.4, -0.2) is 50.1 Å². The lowest BCUT2D eigenvalue weighted by atomic mass is 9.81. The molecule has 4 heterocycles. The van der Waals surface area contributed by atoms with Gasteiger partial charge in [-0.25, -0.2) is 0 Å². The summed E-state index contributed by atoms with van der Waals surface area (Å²) in [5, 5.41) is 0.621. The Kier molecular flexibility index (Phi) is 4.09. The molecule has 0 aromatic heterocycles. The van der Waals surface area contributed by atoms with Gasteiger partial charge in [-0.2, -0.15) is 0 Å². The largest absolute Gasteiger partial charge is 0.496 e. The average Bonchev–Trinajstić information content (AvgIpc) is 2.62. The first-order valence-corrected chi connectivity index (χ1v) is 9.16. The first-order valence-electron chi connectivity index (χ1n) is 8.78. The summed E-state index contributed by atoms with van der Waals surface area (Å²) in [6, 6.07) is 2.19. The number of nitrogens with zero attached hydrogens (tertiary/aromatic N) is 2. The van der Waals surface area contributed by atoms with Crippen molar-refractivity contribution in [2.24, 2.45) is 11.7 Å². The van der Waals surface area contributed by atoms with Crippen molar-refractivity contribution in [3.63, 3.8) is 0 Å². The van der Waals surface area contributed by atoms with Crippen molar-refractivity contribution in [1.82, 2.24) is 4.90 Å². The number of hydrogen-bond donors (Lipinski definition) is 1. The molecule has 5 rings (SSSR count). The van der Waals surface area contributed by atoms with Gasteiger partial charge in [-0.15, -0.1) is 0 Å². The van der Waals surface area contributed by atoms with Crippen molar-refractivity contribution in [2.45, 2.75) is 31.7 Å². The molecule has 0 radical (unpaired) electrons. The summed E-state index contributed by atoms with van der Waals surface area (Å²) in [6.45, 7) is 4.57. The maximum absolute atomic E-state index is 11.8. The Morgan fingerprint density at radius 2 is 2.08 bits per heavy atom. The molecular weight excluding hydrogens is 326 g/mol. The molecule has 3 fully saturated rings. The van der Waals surface area contributed by atoms with Crippen LogP contribution in [0.15, 0.2) is 6.07 Å². The van der Waals surface area contributed by atoms with Crippen LogP contribution in [0.2, 0.25) is 5.02 Å². The molecule has 3 saturated heterocycles. The van der Waals surface area contributed by atoms with Gasteiger partial charge in [0.25, 0.3) is 5.91 Å². The number of carbonyl (C=O) groups is 1. The Labute approximate surface area is 147 Å². The van der Waals surface area contributed by atoms with Gasteiger partial charge in [-0.3, -0.25) is 4.79 Å². The molecule has 1 amide bonds. The summed E-state index contributed by atoms with van der Waals surface area (Å²) in [5.41, 5.74) is 8.01. The van der Waals surface area contributed by atoms with E-state index in [9.17, 15) is 4.79 Å². The number of fused-ring (bicyclic) bond motifs is 4. The Morgan fingerprint density at radius 3 is 2.67 bits per heavy atom. The molecule has 0 spiro atoms. The van der Waals surface area contributed by atoms with Crippen LogP contribution in [0.25, 0.3) is 0 Å². The normalized spacial score (nSPS) is 28.6. The van der Waals surface area contributed by atoms with E-state index in [1.165, 1.54) is 25.9 Å². The lowest BCUT2D eigenvalue weighted by molar-refractivity contribution is 0.0845. The second-order valence-electron chi connectivity index (χ2n) is 7.13. The standard InChI is InChI=1S/C18H24ClN3O2/c1-24-17-12-3-2-6-22(15-10-21-7-4-11(15)5-8-21)16(12)14(19)9-13(17)18(20)23/h9,11,15H,2-8,10H2,1H3,(H2,20,23). The van der Waals surface area contributed by atoms with Crippen molar-refractivity contribution in [2.75, 3.05) is 38.2 Å². The van der Waals surface area contributed by atoms with Crippen LogP contribution in [0, 0.1) is 5.92 Å². The highest BCUT2D eigenvalue weighted by molar-refractivity contribution is 6.34. The fourth-order valence-corrected chi connectivity index (χ4v) is 5.12. The molecule has 1 unspecified atom stereocenters. The summed E-state index contributed by atoms with van der Waals surface area (Å²) in [6.07, 6.45) is 4.46. The molecule has 2 bridgehead atoms. The average molecular weight is 350 g/mol. The summed E-state index contributed by atoms with van der Waals surface area (Å²) in [4.78, 5) is 16.8. The van der Waals surface area contributed by atoms with Gasteiger partial charge in [0.2, 0.25) is 0 Å². The van der Waals surface area contributed by atoms with Crippen molar-refractivity contribution in [3.05, 3.63) is 22.2 Å². The molecular formula is C18H24ClN3O2. The number of anilines is 1. The van der Waals surface area contributed by atoms with Crippen molar-refractivity contribution >= 4 is 23.2 Å². The zero-order chi connectivity index (χ0) is 16.8. The highest BCUT2D eigenvalue weighted by atomic mass is 35.5. The Bertz CT molecular complexity index is 671. The van der Waals surface area contributed by atoms with Gasteiger partial charge < -0.3 is 20.3 Å². The van der Waals surface area contributed by atoms with E-state index in [0.717, 1.165) is 43.1 Å². The molecule has 4 aliphatic rings. The van der Waals surface area contributed by atoms with Gasteiger partial charge in [-0.05, 0) is 50.8 Å². The number of piperidine rings is 3. The van der Waals surface area contributed by atoms with Crippen LogP contribution >= 0.6 is 11.6 Å². The Hall–Kier alpha value is -1.46. The number of nitrogens with two attached hydrogens (primary N) is 1. The fourth-order valence-electron chi connectivity index (χ4n) is 4.79. The van der Waals surface area contributed by atoms with E-state index in [4.69, 9.17) is 22.1 Å². The number of primary amides is 1. The molecule has 1 atom stereocenters. The summed E-state index contributed by atoms with van der Waals surface area (Å²) in [5.74, 6) is 0.850. The Balaban J connectivity index is 1.79. The number of hydrogen-bond acceptors (Lipinski definition) is 4. The first-order chi connectivity index (χ1) is 11.6. The number of methoxy groups -OCH3 is 1. The summed E-state index contributed by atoms with van der Waals surface area (Å²) in [7, 11) is 1.60. The molecule has 130 valence electrons.